The third-order valence-electron chi connectivity index (χ3n) is 3.07. The van der Waals surface area contributed by atoms with Gasteiger partial charge in [0.1, 0.15) is 17.3 Å². The monoisotopic (exact) mass is 347 g/mol. The number of hydrogen-bond donors (Lipinski definition) is 1. The van der Waals surface area contributed by atoms with Crippen LogP contribution >= 0.6 is 34.8 Å². The molecule has 1 atom stereocenters. The van der Waals surface area contributed by atoms with Crippen molar-refractivity contribution < 1.29 is 9.13 Å². The van der Waals surface area contributed by atoms with Crippen molar-refractivity contribution in [3.8, 4) is 11.5 Å². The SMILES string of the molecule is CNC(C)c1c(F)cccc1Oc1cc(Cl)c(Cl)cc1Cl. The van der Waals surface area contributed by atoms with Crippen molar-refractivity contribution in [3.05, 3.63) is 56.8 Å². The molecule has 0 spiro atoms. The highest BCUT2D eigenvalue weighted by Gasteiger charge is 2.17. The van der Waals surface area contributed by atoms with Gasteiger partial charge in [0.05, 0.1) is 15.1 Å². The summed E-state index contributed by atoms with van der Waals surface area (Å²) >= 11 is 17.9. The average molecular weight is 349 g/mol. The van der Waals surface area contributed by atoms with E-state index < -0.39 is 0 Å². The molecule has 0 saturated carbocycles. The Balaban J connectivity index is 2.45. The van der Waals surface area contributed by atoms with Gasteiger partial charge in [-0.2, -0.15) is 0 Å². The fraction of sp³-hybridized carbons (Fsp3) is 0.200. The molecule has 6 heteroatoms. The summed E-state index contributed by atoms with van der Waals surface area (Å²) in [5, 5.41) is 3.93. The molecule has 1 N–H and O–H groups in total. The van der Waals surface area contributed by atoms with Crippen molar-refractivity contribution in [2.45, 2.75) is 13.0 Å². The third kappa shape index (κ3) is 3.61. The summed E-state index contributed by atoms with van der Waals surface area (Å²) < 4.78 is 19.8. The Kier molecular flexibility index (Phi) is 5.33. The summed E-state index contributed by atoms with van der Waals surface area (Å²) in [4.78, 5) is 0. The number of rotatable bonds is 4. The summed E-state index contributed by atoms with van der Waals surface area (Å²) in [6.07, 6.45) is 0. The second-order valence-corrected chi connectivity index (χ2v) is 5.68. The molecular formula is C15H13Cl3FNO. The lowest BCUT2D eigenvalue weighted by atomic mass is 10.1. The fourth-order valence-corrected chi connectivity index (χ4v) is 2.45. The zero-order valence-electron chi connectivity index (χ0n) is 11.4. The molecule has 2 rings (SSSR count). The highest BCUT2D eigenvalue weighted by molar-refractivity contribution is 6.43. The summed E-state index contributed by atoms with van der Waals surface area (Å²) in [6, 6.07) is 7.40. The Bertz CT molecular complexity index is 664. The van der Waals surface area contributed by atoms with E-state index in [1.54, 1.807) is 19.2 Å². The molecule has 2 aromatic carbocycles. The van der Waals surface area contributed by atoms with E-state index in [1.807, 2.05) is 6.92 Å². The van der Waals surface area contributed by atoms with Crippen LogP contribution in [0, 0.1) is 5.82 Å². The standard InChI is InChI=1S/C15H13Cl3FNO/c1-8(20-2)15-12(19)4-3-5-13(15)21-14-7-10(17)9(16)6-11(14)18/h3-8,20H,1-2H3. The van der Waals surface area contributed by atoms with E-state index in [1.165, 1.54) is 18.2 Å². The lowest BCUT2D eigenvalue weighted by Gasteiger charge is -2.17. The minimum Gasteiger partial charge on any atom is -0.455 e. The molecule has 0 saturated heterocycles. The van der Waals surface area contributed by atoms with E-state index in [4.69, 9.17) is 39.5 Å². The molecule has 2 aromatic rings. The molecule has 21 heavy (non-hydrogen) atoms. The van der Waals surface area contributed by atoms with E-state index in [0.717, 1.165) is 0 Å². The van der Waals surface area contributed by atoms with Crippen LogP contribution in [-0.4, -0.2) is 7.05 Å². The van der Waals surface area contributed by atoms with Gasteiger partial charge in [-0.05, 0) is 32.2 Å². The quantitative estimate of drug-likeness (QED) is 0.699. The van der Waals surface area contributed by atoms with Crippen molar-refractivity contribution in [2.75, 3.05) is 7.05 Å². The summed E-state index contributed by atoms with van der Waals surface area (Å²) in [5.41, 5.74) is 0.419. The van der Waals surface area contributed by atoms with Crippen molar-refractivity contribution in [1.29, 1.82) is 0 Å². The van der Waals surface area contributed by atoms with Crippen molar-refractivity contribution >= 4 is 34.8 Å². The van der Waals surface area contributed by atoms with Gasteiger partial charge in [-0.3, -0.25) is 0 Å². The minimum atomic E-state index is -0.356. The Hall–Kier alpha value is -1.000. The van der Waals surface area contributed by atoms with E-state index in [9.17, 15) is 4.39 Å². The number of ether oxygens (including phenoxy) is 1. The van der Waals surface area contributed by atoms with Gasteiger partial charge in [0, 0.05) is 17.7 Å². The molecule has 0 aliphatic heterocycles. The number of halogens is 4. The lowest BCUT2D eigenvalue weighted by molar-refractivity contribution is 0.453. The maximum absolute atomic E-state index is 14.0. The minimum absolute atomic E-state index is 0.220. The highest BCUT2D eigenvalue weighted by Crippen LogP contribution is 2.38. The van der Waals surface area contributed by atoms with Gasteiger partial charge >= 0.3 is 0 Å². The topological polar surface area (TPSA) is 21.3 Å². The van der Waals surface area contributed by atoms with Crippen molar-refractivity contribution in [2.24, 2.45) is 0 Å². The van der Waals surface area contributed by atoms with E-state index >= 15 is 0 Å². The van der Waals surface area contributed by atoms with Crippen LogP contribution in [0.15, 0.2) is 30.3 Å². The van der Waals surface area contributed by atoms with E-state index in [-0.39, 0.29) is 11.9 Å². The third-order valence-corrected chi connectivity index (χ3v) is 4.09. The van der Waals surface area contributed by atoms with Gasteiger partial charge < -0.3 is 10.1 Å². The second-order valence-electron chi connectivity index (χ2n) is 4.46. The normalized spacial score (nSPS) is 12.3. The number of benzene rings is 2. The first kappa shape index (κ1) is 16.4. The summed E-state index contributed by atoms with van der Waals surface area (Å²) in [7, 11) is 1.74. The zero-order valence-corrected chi connectivity index (χ0v) is 13.7. The van der Waals surface area contributed by atoms with E-state index in [2.05, 4.69) is 5.32 Å². The van der Waals surface area contributed by atoms with Crippen LogP contribution in [0.4, 0.5) is 4.39 Å². The lowest BCUT2D eigenvalue weighted by Crippen LogP contribution is -2.15. The fourth-order valence-electron chi connectivity index (χ4n) is 1.87. The molecule has 112 valence electrons. The molecule has 0 bridgehead atoms. The summed E-state index contributed by atoms with van der Waals surface area (Å²) in [5.74, 6) is 0.337. The van der Waals surface area contributed by atoms with Crippen LogP contribution in [0.5, 0.6) is 11.5 Å². The Morgan fingerprint density at radius 2 is 1.71 bits per heavy atom. The molecule has 0 aliphatic rings. The Labute approximate surface area is 137 Å². The molecule has 0 fully saturated rings. The smallest absolute Gasteiger partial charge is 0.147 e. The molecular weight excluding hydrogens is 336 g/mol. The maximum Gasteiger partial charge on any atom is 0.147 e. The molecule has 0 aliphatic carbocycles. The molecule has 0 heterocycles. The second kappa shape index (κ2) is 6.84. The van der Waals surface area contributed by atoms with Crippen LogP contribution in [0.2, 0.25) is 15.1 Å². The van der Waals surface area contributed by atoms with Crippen molar-refractivity contribution in [1.82, 2.24) is 5.32 Å². The highest BCUT2D eigenvalue weighted by atomic mass is 35.5. The van der Waals surface area contributed by atoms with Gasteiger partial charge in [0.2, 0.25) is 0 Å². The van der Waals surface area contributed by atoms with Gasteiger partial charge in [0.15, 0.2) is 0 Å². The van der Waals surface area contributed by atoms with Crippen molar-refractivity contribution in [3.63, 3.8) is 0 Å². The van der Waals surface area contributed by atoms with Gasteiger partial charge in [0.25, 0.3) is 0 Å². The predicted molar refractivity (Wildman–Crippen MR) is 85.4 cm³/mol. The number of nitrogens with one attached hydrogen (secondary N) is 1. The first-order chi connectivity index (χ1) is 9.93. The zero-order chi connectivity index (χ0) is 15.6. The van der Waals surface area contributed by atoms with Crippen LogP contribution in [0.1, 0.15) is 18.5 Å². The molecule has 0 amide bonds. The number of hydrogen-bond acceptors (Lipinski definition) is 2. The molecule has 0 radical (unpaired) electrons. The first-order valence-corrected chi connectivity index (χ1v) is 7.35. The van der Waals surface area contributed by atoms with Gasteiger partial charge in [-0.25, -0.2) is 4.39 Å². The largest absolute Gasteiger partial charge is 0.455 e. The van der Waals surface area contributed by atoms with E-state index in [0.29, 0.717) is 32.1 Å². The van der Waals surface area contributed by atoms with Gasteiger partial charge in [-0.15, -0.1) is 0 Å². The Morgan fingerprint density at radius 1 is 1.05 bits per heavy atom. The average Bonchev–Trinajstić information content (AvgIpc) is 2.44. The Morgan fingerprint density at radius 3 is 2.38 bits per heavy atom. The van der Waals surface area contributed by atoms with Crippen LogP contribution in [0.3, 0.4) is 0 Å². The first-order valence-electron chi connectivity index (χ1n) is 6.22. The molecule has 1 unspecified atom stereocenters. The predicted octanol–water partition coefficient (Wildman–Crippen LogP) is 5.86. The summed E-state index contributed by atoms with van der Waals surface area (Å²) in [6.45, 7) is 1.84. The molecule has 2 nitrogen and oxygen atoms in total. The van der Waals surface area contributed by atoms with Crippen LogP contribution < -0.4 is 10.1 Å². The van der Waals surface area contributed by atoms with Crippen LogP contribution in [-0.2, 0) is 0 Å². The molecule has 0 aromatic heterocycles. The van der Waals surface area contributed by atoms with Crippen LogP contribution in [0.25, 0.3) is 0 Å². The maximum atomic E-state index is 14.0. The van der Waals surface area contributed by atoms with Gasteiger partial charge in [-0.1, -0.05) is 40.9 Å².